The number of rotatable bonds is 6. The second-order valence-electron chi connectivity index (χ2n) is 5.76. The molecule has 9 heteroatoms. The number of nitrogens with one attached hydrogen (secondary N) is 1. The van der Waals surface area contributed by atoms with Crippen molar-refractivity contribution < 1.29 is 0 Å². The molecule has 0 aliphatic heterocycles. The molecule has 0 aromatic carbocycles. The van der Waals surface area contributed by atoms with Gasteiger partial charge in [-0.2, -0.15) is 10.2 Å². The predicted molar refractivity (Wildman–Crippen MR) is 110 cm³/mol. The molecule has 25 heavy (non-hydrogen) atoms. The van der Waals surface area contributed by atoms with Gasteiger partial charge in [-0.3, -0.25) is 14.4 Å². The van der Waals surface area contributed by atoms with E-state index in [4.69, 9.17) is 0 Å². The fraction of sp³-hybridized carbons (Fsp3) is 0.625. The van der Waals surface area contributed by atoms with Crippen molar-refractivity contribution in [2.45, 2.75) is 39.8 Å². The third kappa shape index (κ3) is 4.93. The molecule has 0 spiro atoms. The van der Waals surface area contributed by atoms with Gasteiger partial charge in [0.25, 0.3) is 0 Å². The average molecular weight is 460 g/mol. The van der Waals surface area contributed by atoms with Crippen molar-refractivity contribution in [1.82, 2.24) is 34.8 Å². The van der Waals surface area contributed by atoms with Gasteiger partial charge in [0.15, 0.2) is 5.96 Å². The summed E-state index contributed by atoms with van der Waals surface area (Å²) in [6, 6.07) is 0. The van der Waals surface area contributed by atoms with Gasteiger partial charge in [-0.15, -0.1) is 24.0 Å². The molecular formula is C16H29IN8. The summed E-state index contributed by atoms with van der Waals surface area (Å²) in [6.45, 7) is 5.66. The standard InChI is InChI=1S/C16H28N8.HI/c1-7-13-12(14(8-2)23(5)21-13)9-18-16(17-3)22(4)10-15-19-11-20-24(15)6;/h11H,7-10H2,1-6H3,(H,17,18);1H. The Labute approximate surface area is 166 Å². The van der Waals surface area contributed by atoms with Gasteiger partial charge < -0.3 is 10.2 Å². The van der Waals surface area contributed by atoms with Gasteiger partial charge in [0.05, 0.1) is 12.2 Å². The van der Waals surface area contributed by atoms with Gasteiger partial charge in [-0.25, -0.2) is 4.98 Å². The van der Waals surface area contributed by atoms with Gasteiger partial charge in [0.2, 0.25) is 0 Å². The molecule has 0 bridgehead atoms. The van der Waals surface area contributed by atoms with Gasteiger partial charge >= 0.3 is 0 Å². The number of aromatic nitrogens is 5. The normalized spacial score (nSPS) is 11.4. The lowest BCUT2D eigenvalue weighted by molar-refractivity contribution is 0.448. The first-order chi connectivity index (χ1) is 11.5. The third-order valence-corrected chi connectivity index (χ3v) is 4.21. The van der Waals surface area contributed by atoms with Crippen LogP contribution in [0.2, 0.25) is 0 Å². The number of hydrogen-bond acceptors (Lipinski definition) is 4. The molecule has 2 heterocycles. The van der Waals surface area contributed by atoms with E-state index in [1.165, 1.54) is 11.3 Å². The minimum atomic E-state index is 0. The molecule has 0 saturated carbocycles. The molecule has 2 aromatic heterocycles. The van der Waals surface area contributed by atoms with E-state index in [0.29, 0.717) is 6.54 Å². The Morgan fingerprint density at radius 2 is 1.96 bits per heavy atom. The first kappa shape index (κ1) is 21.4. The topological polar surface area (TPSA) is 76.2 Å². The molecule has 2 aromatic rings. The highest BCUT2D eigenvalue weighted by Gasteiger charge is 2.15. The Morgan fingerprint density at radius 3 is 2.48 bits per heavy atom. The van der Waals surface area contributed by atoms with E-state index in [0.717, 1.165) is 36.9 Å². The molecule has 8 nitrogen and oxygen atoms in total. The molecule has 0 atom stereocenters. The summed E-state index contributed by atoms with van der Waals surface area (Å²) in [4.78, 5) is 10.7. The Kier molecular flexibility index (Phi) is 8.33. The zero-order valence-electron chi connectivity index (χ0n) is 15.9. The summed E-state index contributed by atoms with van der Waals surface area (Å²) in [6.07, 6.45) is 3.46. The summed E-state index contributed by atoms with van der Waals surface area (Å²) >= 11 is 0. The smallest absolute Gasteiger partial charge is 0.194 e. The fourth-order valence-electron chi connectivity index (χ4n) is 2.90. The largest absolute Gasteiger partial charge is 0.352 e. The first-order valence-electron chi connectivity index (χ1n) is 8.30. The maximum absolute atomic E-state index is 4.62. The number of hydrogen-bond donors (Lipinski definition) is 1. The van der Waals surface area contributed by atoms with E-state index < -0.39 is 0 Å². The predicted octanol–water partition coefficient (Wildman–Crippen LogP) is 1.50. The molecule has 0 saturated heterocycles. The molecule has 1 N–H and O–H groups in total. The Morgan fingerprint density at radius 1 is 1.24 bits per heavy atom. The number of halogens is 1. The second kappa shape index (κ2) is 9.73. The van der Waals surface area contributed by atoms with Crippen LogP contribution in [0.25, 0.3) is 0 Å². The quantitative estimate of drug-likeness (QED) is 0.402. The van der Waals surface area contributed by atoms with Gasteiger partial charge in [0, 0.05) is 46.0 Å². The summed E-state index contributed by atoms with van der Waals surface area (Å²) < 4.78 is 3.76. The highest BCUT2D eigenvalue weighted by molar-refractivity contribution is 14.0. The molecule has 0 amide bonds. The van der Waals surface area contributed by atoms with Crippen LogP contribution in [0, 0.1) is 0 Å². The van der Waals surface area contributed by atoms with Gasteiger partial charge in [-0.1, -0.05) is 13.8 Å². The van der Waals surface area contributed by atoms with Crippen LogP contribution < -0.4 is 5.32 Å². The summed E-state index contributed by atoms with van der Waals surface area (Å²) in [7, 11) is 7.69. The van der Waals surface area contributed by atoms with Crippen molar-refractivity contribution in [3.8, 4) is 0 Å². The zero-order valence-corrected chi connectivity index (χ0v) is 18.3. The van der Waals surface area contributed by atoms with Crippen molar-refractivity contribution in [3.63, 3.8) is 0 Å². The lowest BCUT2D eigenvalue weighted by Gasteiger charge is -2.21. The highest BCUT2D eigenvalue weighted by atomic mass is 127. The van der Waals surface area contributed by atoms with Gasteiger partial charge in [-0.05, 0) is 12.8 Å². The highest BCUT2D eigenvalue weighted by Crippen LogP contribution is 2.15. The second-order valence-corrected chi connectivity index (χ2v) is 5.76. The summed E-state index contributed by atoms with van der Waals surface area (Å²) in [5.41, 5.74) is 3.69. The van der Waals surface area contributed by atoms with E-state index in [1.54, 1.807) is 18.1 Å². The van der Waals surface area contributed by atoms with Crippen molar-refractivity contribution in [2.24, 2.45) is 19.1 Å². The molecule has 0 aliphatic rings. The van der Waals surface area contributed by atoms with Crippen LogP contribution in [0.5, 0.6) is 0 Å². The van der Waals surface area contributed by atoms with Crippen LogP contribution in [0.15, 0.2) is 11.3 Å². The maximum atomic E-state index is 4.62. The molecule has 0 fully saturated rings. The van der Waals surface area contributed by atoms with Crippen molar-refractivity contribution in [1.29, 1.82) is 0 Å². The van der Waals surface area contributed by atoms with Crippen LogP contribution >= 0.6 is 24.0 Å². The van der Waals surface area contributed by atoms with Crippen LogP contribution in [0.4, 0.5) is 0 Å². The Balaban J connectivity index is 0.00000312. The average Bonchev–Trinajstić information content (AvgIpc) is 3.10. The Hall–Kier alpha value is -1.65. The maximum Gasteiger partial charge on any atom is 0.194 e. The molecule has 0 radical (unpaired) electrons. The van der Waals surface area contributed by atoms with Crippen molar-refractivity contribution >= 4 is 29.9 Å². The minimum Gasteiger partial charge on any atom is -0.352 e. The lowest BCUT2D eigenvalue weighted by atomic mass is 10.1. The number of nitrogens with zero attached hydrogens (tertiary/aromatic N) is 7. The fourth-order valence-corrected chi connectivity index (χ4v) is 2.90. The molecule has 0 aliphatic carbocycles. The monoisotopic (exact) mass is 460 g/mol. The van der Waals surface area contributed by atoms with E-state index in [2.05, 4.69) is 39.3 Å². The number of guanidine groups is 1. The molecular weight excluding hydrogens is 431 g/mol. The lowest BCUT2D eigenvalue weighted by Crippen LogP contribution is -2.38. The van der Waals surface area contributed by atoms with Crippen molar-refractivity contribution in [2.75, 3.05) is 14.1 Å². The van der Waals surface area contributed by atoms with E-state index in [9.17, 15) is 0 Å². The Bertz CT molecular complexity index is 703. The van der Waals surface area contributed by atoms with Crippen molar-refractivity contribution in [3.05, 3.63) is 29.1 Å². The molecule has 140 valence electrons. The summed E-state index contributed by atoms with van der Waals surface area (Å²) in [5, 5.41) is 12.2. The van der Waals surface area contributed by atoms with E-state index in [1.807, 2.05) is 30.7 Å². The SMILES string of the molecule is CCc1nn(C)c(CC)c1CNC(=NC)N(C)Cc1ncnn1C.I. The van der Waals surface area contributed by atoms with Crippen LogP contribution in [0.3, 0.4) is 0 Å². The molecule has 0 unspecified atom stereocenters. The van der Waals surface area contributed by atoms with E-state index in [-0.39, 0.29) is 24.0 Å². The van der Waals surface area contributed by atoms with Crippen LogP contribution in [-0.2, 0) is 40.0 Å². The molecule has 2 rings (SSSR count). The van der Waals surface area contributed by atoms with Crippen LogP contribution in [0.1, 0.15) is 36.6 Å². The summed E-state index contributed by atoms with van der Waals surface area (Å²) in [5.74, 6) is 1.72. The van der Waals surface area contributed by atoms with Crippen LogP contribution in [-0.4, -0.2) is 49.5 Å². The third-order valence-electron chi connectivity index (χ3n) is 4.21. The minimum absolute atomic E-state index is 0. The van der Waals surface area contributed by atoms with E-state index >= 15 is 0 Å². The number of aryl methyl sites for hydroxylation is 3. The first-order valence-corrected chi connectivity index (χ1v) is 8.30. The van der Waals surface area contributed by atoms with Gasteiger partial charge in [0.1, 0.15) is 12.2 Å². The number of aliphatic imine (C=N–C) groups is 1. The zero-order chi connectivity index (χ0) is 17.7.